The van der Waals surface area contributed by atoms with Crippen LogP contribution in [0.25, 0.3) is 10.2 Å². The molecule has 5 rings (SSSR count). The molecule has 0 fully saturated rings. The molecule has 1 aliphatic heterocycles. The summed E-state index contributed by atoms with van der Waals surface area (Å²) in [4.78, 5) is 34.4. The van der Waals surface area contributed by atoms with Crippen LogP contribution in [0.1, 0.15) is 47.3 Å². The maximum absolute atomic E-state index is 13.0. The average molecular weight is 437 g/mol. The predicted octanol–water partition coefficient (Wildman–Crippen LogP) is 3.43. The molecule has 2 aliphatic rings. The number of anilines is 1. The van der Waals surface area contributed by atoms with Gasteiger partial charge in [-0.05, 0) is 61.3 Å². The zero-order valence-corrected chi connectivity index (χ0v) is 18.8. The highest BCUT2D eigenvalue weighted by atomic mass is 32.1. The third kappa shape index (κ3) is 3.99. The SMILES string of the molecule is CN1CCCc2cc(CNC(=O)CCn3cnc4sc5c(c4c3=O)CCCC5)ccc21. The van der Waals surface area contributed by atoms with Crippen molar-refractivity contribution in [1.29, 1.82) is 0 Å². The van der Waals surface area contributed by atoms with Gasteiger partial charge < -0.3 is 10.2 Å². The zero-order chi connectivity index (χ0) is 21.4. The lowest BCUT2D eigenvalue weighted by Crippen LogP contribution is -2.28. The van der Waals surface area contributed by atoms with Crippen LogP contribution < -0.4 is 15.8 Å². The minimum Gasteiger partial charge on any atom is -0.374 e. The smallest absolute Gasteiger partial charge is 0.262 e. The van der Waals surface area contributed by atoms with Gasteiger partial charge in [0.1, 0.15) is 4.83 Å². The van der Waals surface area contributed by atoms with Gasteiger partial charge in [-0.25, -0.2) is 4.98 Å². The van der Waals surface area contributed by atoms with Gasteiger partial charge in [0, 0.05) is 43.7 Å². The molecular formula is C24H28N4O2S. The number of nitrogens with zero attached hydrogens (tertiary/aromatic N) is 3. The van der Waals surface area contributed by atoms with Gasteiger partial charge in [0.2, 0.25) is 5.91 Å². The molecule has 0 bridgehead atoms. The van der Waals surface area contributed by atoms with E-state index in [1.165, 1.54) is 34.5 Å². The molecule has 1 aromatic carbocycles. The Morgan fingerprint density at radius 2 is 2.06 bits per heavy atom. The highest BCUT2D eigenvalue weighted by Crippen LogP contribution is 2.33. The lowest BCUT2D eigenvalue weighted by molar-refractivity contribution is -0.121. The molecule has 3 aromatic rings. The van der Waals surface area contributed by atoms with Crippen molar-refractivity contribution in [2.45, 2.75) is 58.0 Å². The van der Waals surface area contributed by atoms with Crippen molar-refractivity contribution in [2.24, 2.45) is 0 Å². The Hall–Kier alpha value is -2.67. The molecule has 6 nitrogen and oxygen atoms in total. The van der Waals surface area contributed by atoms with E-state index in [-0.39, 0.29) is 17.9 Å². The van der Waals surface area contributed by atoms with E-state index in [1.807, 2.05) is 0 Å². The van der Waals surface area contributed by atoms with Crippen molar-refractivity contribution >= 4 is 33.1 Å². The summed E-state index contributed by atoms with van der Waals surface area (Å²) in [6.07, 6.45) is 8.47. The summed E-state index contributed by atoms with van der Waals surface area (Å²) in [5.41, 5.74) is 4.95. The summed E-state index contributed by atoms with van der Waals surface area (Å²) in [5.74, 6) is -0.0471. The van der Waals surface area contributed by atoms with Crippen molar-refractivity contribution in [1.82, 2.24) is 14.9 Å². The average Bonchev–Trinajstić information content (AvgIpc) is 3.17. The molecule has 31 heavy (non-hydrogen) atoms. The molecule has 3 heterocycles. The first-order valence-electron chi connectivity index (χ1n) is 11.2. The van der Waals surface area contributed by atoms with E-state index in [2.05, 4.69) is 40.4 Å². The van der Waals surface area contributed by atoms with Gasteiger partial charge in [-0.15, -0.1) is 11.3 Å². The summed E-state index contributed by atoms with van der Waals surface area (Å²) in [6, 6.07) is 6.44. The maximum atomic E-state index is 13.0. The third-order valence-electron chi connectivity index (χ3n) is 6.51. The summed E-state index contributed by atoms with van der Waals surface area (Å²) < 4.78 is 1.60. The van der Waals surface area contributed by atoms with Crippen LogP contribution >= 0.6 is 11.3 Å². The molecule has 162 valence electrons. The molecular weight excluding hydrogens is 408 g/mol. The Morgan fingerprint density at radius 1 is 1.19 bits per heavy atom. The summed E-state index contributed by atoms with van der Waals surface area (Å²) in [7, 11) is 2.12. The van der Waals surface area contributed by atoms with Crippen LogP contribution in [0.2, 0.25) is 0 Å². The van der Waals surface area contributed by atoms with E-state index in [1.54, 1.807) is 22.2 Å². The van der Waals surface area contributed by atoms with Gasteiger partial charge in [0.05, 0.1) is 11.7 Å². The lowest BCUT2D eigenvalue weighted by atomic mass is 9.97. The van der Waals surface area contributed by atoms with Crippen LogP contribution in [-0.4, -0.2) is 29.1 Å². The molecule has 0 saturated heterocycles. The fourth-order valence-corrected chi connectivity index (χ4v) is 6.02. The minimum absolute atomic E-state index is 0.00370. The van der Waals surface area contributed by atoms with Crippen molar-refractivity contribution in [3.63, 3.8) is 0 Å². The predicted molar refractivity (Wildman–Crippen MR) is 125 cm³/mol. The number of hydrogen-bond donors (Lipinski definition) is 1. The summed E-state index contributed by atoms with van der Waals surface area (Å²) >= 11 is 1.66. The van der Waals surface area contributed by atoms with E-state index < -0.39 is 0 Å². The number of thiophene rings is 1. The number of carbonyl (C=O) groups excluding carboxylic acids is 1. The zero-order valence-electron chi connectivity index (χ0n) is 17.9. The van der Waals surface area contributed by atoms with Gasteiger partial charge in [0.15, 0.2) is 0 Å². The number of amides is 1. The molecule has 1 amide bonds. The van der Waals surface area contributed by atoms with Crippen LogP contribution in [0.15, 0.2) is 29.3 Å². The molecule has 1 aliphatic carbocycles. The lowest BCUT2D eigenvalue weighted by Gasteiger charge is -2.27. The van der Waals surface area contributed by atoms with Crippen molar-refractivity contribution < 1.29 is 4.79 Å². The standard InChI is InChI=1S/C24H28N4O2S/c1-27-11-4-5-17-13-16(8-9-19(17)27)14-25-21(29)10-12-28-15-26-23-22(24(28)30)18-6-2-3-7-20(18)31-23/h8-9,13,15H,2-7,10-12,14H2,1H3,(H,25,29). The summed E-state index contributed by atoms with van der Waals surface area (Å²) in [6.45, 7) is 1.96. The molecule has 1 N–H and O–H groups in total. The number of aromatic nitrogens is 2. The Balaban J connectivity index is 1.22. The van der Waals surface area contributed by atoms with Crippen LogP contribution in [0.5, 0.6) is 0 Å². The van der Waals surface area contributed by atoms with Gasteiger partial charge in [-0.1, -0.05) is 12.1 Å². The van der Waals surface area contributed by atoms with E-state index in [9.17, 15) is 9.59 Å². The largest absolute Gasteiger partial charge is 0.374 e. The van der Waals surface area contributed by atoms with Crippen LogP contribution in [0, 0.1) is 0 Å². The first-order valence-corrected chi connectivity index (χ1v) is 12.0. The number of fused-ring (bicyclic) bond motifs is 4. The number of carbonyl (C=O) groups is 1. The quantitative estimate of drug-likeness (QED) is 0.666. The number of aryl methyl sites for hydroxylation is 4. The molecule has 0 saturated carbocycles. The molecule has 2 aromatic heterocycles. The second kappa shape index (κ2) is 8.46. The summed E-state index contributed by atoms with van der Waals surface area (Å²) in [5, 5.41) is 3.78. The van der Waals surface area contributed by atoms with E-state index in [4.69, 9.17) is 0 Å². The molecule has 0 radical (unpaired) electrons. The topological polar surface area (TPSA) is 67.2 Å². The van der Waals surface area contributed by atoms with E-state index >= 15 is 0 Å². The number of benzene rings is 1. The van der Waals surface area contributed by atoms with Crippen LogP contribution in [-0.2, 0) is 37.1 Å². The first kappa shape index (κ1) is 20.2. The second-order valence-corrected chi connectivity index (χ2v) is 9.73. The van der Waals surface area contributed by atoms with Gasteiger partial charge in [0.25, 0.3) is 5.56 Å². The Labute approximate surface area is 185 Å². The fourth-order valence-electron chi connectivity index (χ4n) is 4.80. The van der Waals surface area contributed by atoms with Gasteiger partial charge in [-0.2, -0.15) is 0 Å². The molecule has 0 atom stereocenters. The van der Waals surface area contributed by atoms with Gasteiger partial charge in [-0.3, -0.25) is 14.2 Å². The Bertz CT molecular complexity index is 1200. The fraction of sp³-hybridized carbons (Fsp3) is 0.458. The minimum atomic E-state index is -0.0471. The Kier molecular flexibility index (Phi) is 5.52. The maximum Gasteiger partial charge on any atom is 0.262 e. The number of rotatable bonds is 5. The van der Waals surface area contributed by atoms with Gasteiger partial charge >= 0.3 is 0 Å². The van der Waals surface area contributed by atoms with Crippen molar-refractivity contribution in [3.8, 4) is 0 Å². The van der Waals surface area contributed by atoms with Crippen LogP contribution in [0.3, 0.4) is 0 Å². The molecule has 0 spiro atoms. The highest BCUT2D eigenvalue weighted by molar-refractivity contribution is 7.18. The molecule has 7 heteroatoms. The first-order chi connectivity index (χ1) is 15.1. The van der Waals surface area contributed by atoms with Crippen LogP contribution in [0.4, 0.5) is 5.69 Å². The second-order valence-electron chi connectivity index (χ2n) is 8.65. The number of nitrogens with one attached hydrogen (secondary N) is 1. The molecule has 0 unspecified atom stereocenters. The van der Waals surface area contributed by atoms with E-state index in [0.717, 1.165) is 48.0 Å². The Morgan fingerprint density at radius 3 is 2.97 bits per heavy atom. The monoisotopic (exact) mass is 436 g/mol. The third-order valence-corrected chi connectivity index (χ3v) is 7.71. The van der Waals surface area contributed by atoms with Crippen molar-refractivity contribution in [3.05, 3.63) is 56.4 Å². The normalized spacial score (nSPS) is 15.6. The number of hydrogen-bond acceptors (Lipinski definition) is 5. The van der Waals surface area contributed by atoms with Crippen molar-refractivity contribution in [2.75, 3.05) is 18.5 Å². The van der Waals surface area contributed by atoms with E-state index in [0.29, 0.717) is 13.1 Å². The highest BCUT2D eigenvalue weighted by Gasteiger charge is 2.20.